The highest BCUT2D eigenvalue weighted by atomic mass is 32.1. The van der Waals surface area contributed by atoms with Crippen LogP contribution in [0.3, 0.4) is 0 Å². The van der Waals surface area contributed by atoms with Crippen LogP contribution in [-0.2, 0) is 0 Å². The molecular formula is C13H9N3O2S. The van der Waals surface area contributed by atoms with Crippen molar-refractivity contribution < 1.29 is 4.79 Å². The fourth-order valence-corrected chi connectivity index (χ4v) is 2.44. The van der Waals surface area contributed by atoms with Crippen molar-refractivity contribution in [3.8, 4) is 0 Å². The van der Waals surface area contributed by atoms with Gasteiger partial charge in [-0.25, -0.2) is 4.98 Å². The Morgan fingerprint density at radius 1 is 1.26 bits per heavy atom. The fraction of sp³-hybridized carbons (Fsp3) is 0. The van der Waals surface area contributed by atoms with E-state index in [9.17, 15) is 9.59 Å². The number of thiazole rings is 1. The van der Waals surface area contributed by atoms with Crippen LogP contribution in [0.2, 0.25) is 0 Å². The van der Waals surface area contributed by atoms with Crippen molar-refractivity contribution in [3.63, 3.8) is 0 Å². The van der Waals surface area contributed by atoms with E-state index in [-0.39, 0.29) is 11.5 Å². The number of benzene rings is 1. The molecule has 0 unspecified atom stereocenters. The highest BCUT2D eigenvalue weighted by Crippen LogP contribution is 2.19. The van der Waals surface area contributed by atoms with Gasteiger partial charge in [0.05, 0.1) is 15.7 Å². The zero-order valence-electron chi connectivity index (χ0n) is 9.71. The Morgan fingerprint density at radius 3 is 3.00 bits per heavy atom. The number of aromatic nitrogens is 2. The van der Waals surface area contributed by atoms with Gasteiger partial charge >= 0.3 is 0 Å². The molecule has 19 heavy (non-hydrogen) atoms. The van der Waals surface area contributed by atoms with E-state index in [2.05, 4.69) is 15.3 Å². The third-order valence-corrected chi connectivity index (χ3v) is 3.42. The first-order valence-electron chi connectivity index (χ1n) is 5.56. The van der Waals surface area contributed by atoms with Gasteiger partial charge in [0, 0.05) is 23.5 Å². The van der Waals surface area contributed by atoms with Crippen molar-refractivity contribution in [1.82, 2.24) is 9.97 Å². The Morgan fingerprint density at radius 2 is 2.16 bits per heavy atom. The minimum Gasteiger partial charge on any atom is -0.329 e. The molecule has 3 rings (SSSR count). The number of hydrogen-bond donors (Lipinski definition) is 2. The van der Waals surface area contributed by atoms with Crippen LogP contribution < -0.4 is 10.9 Å². The molecule has 0 atom stereocenters. The van der Waals surface area contributed by atoms with Crippen LogP contribution in [0.5, 0.6) is 0 Å². The summed E-state index contributed by atoms with van der Waals surface area (Å²) in [6, 6.07) is 8.27. The molecule has 6 heteroatoms. The number of rotatable bonds is 2. The summed E-state index contributed by atoms with van der Waals surface area (Å²) in [4.78, 5) is 29.8. The van der Waals surface area contributed by atoms with Crippen molar-refractivity contribution in [2.75, 3.05) is 5.32 Å². The van der Waals surface area contributed by atoms with Gasteiger partial charge in [0.25, 0.3) is 5.91 Å². The molecule has 0 aliphatic carbocycles. The van der Waals surface area contributed by atoms with E-state index in [4.69, 9.17) is 0 Å². The van der Waals surface area contributed by atoms with Gasteiger partial charge in [-0.15, -0.1) is 11.3 Å². The van der Waals surface area contributed by atoms with Gasteiger partial charge in [0.2, 0.25) is 5.56 Å². The summed E-state index contributed by atoms with van der Waals surface area (Å²) in [5.41, 5.74) is 3.37. The number of aromatic amines is 1. The molecule has 0 radical (unpaired) electrons. The van der Waals surface area contributed by atoms with Crippen molar-refractivity contribution in [1.29, 1.82) is 0 Å². The normalized spacial score (nSPS) is 10.5. The Balaban J connectivity index is 1.89. The molecule has 94 valence electrons. The maximum atomic E-state index is 12.1. The van der Waals surface area contributed by atoms with E-state index in [1.807, 2.05) is 0 Å². The molecule has 2 aromatic heterocycles. The van der Waals surface area contributed by atoms with Crippen LogP contribution in [0.25, 0.3) is 10.2 Å². The van der Waals surface area contributed by atoms with E-state index in [1.54, 1.807) is 29.8 Å². The van der Waals surface area contributed by atoms with Crippen LogP contribution in [0.15, 0.2) is 46.8 Å². The lowest BCUT2D eigenvalue weighted by atomic mass is 10.2. The zero-order chi connectivity index (χ0) is 13.2. The molecule has 0 saturated carbocycles. The first-order chi connectivity index (χ1) is 9.22. The average molecular weight is 271 g/mol. The quantitative estimate of drug-likeness (QED) is 0.750. The smallest absolute Gasteiger partial charge is 0.255 e. The lowest BCUT2D eigenvalue weighted by Crippen LogP contribution is -2.14. The number of pyridine rings is 1. The van der Waals surface area contributed by atoms with Gasteiger partial charge in [-0.05, 0) is 24.3 Å². The second kappa shape index (κ2) is 4.66. The molecule has 3 aromatic rings. The average Bonchev–Trinajstić information content (AvgIpc) is 2.85. The van der Waals surface area contributed by atoms with E-state index in [0.29, 0.717) is 11.3 Å². The molecule has 1 aromatic carbocycles. The third kappa shape index (κ3) is 2.38. The lowest BCUT2D eigenvalue weighted by Gasteiger charge is -2.04. The predicted molar refractivity (Wildman–Crippen MR) is 74.6 cm³/mol. The van der Waals surface area contributed by atoms with Gasteiger partial charge in [-0.2, -0.15) is 0 Å². The first kappa shape index (κ1) is 11.6. The van der Waals surface area contributed by atoms with Crippen molar-refractivity contribution in [3.05, 3.63) is 58.0 Å². The number of fused-ring (bicyclic) bond motifs is 1. The highest BCUT2D eigenvalue weighted by molar-refractivity contribution is 7.16. The van der Waals surface area contributed by atoms with Crippen LogP contribution in [0.4, 0.5) is 5.69 Å². The van der Waals surface area contributed by atoms with Gasteiger partial charge in [0.15, 0.2) is 0 Å². The lowest BCUT2D eigenvalue weighted by molar-refractivity contribution is 0.102. The summed E-state index contributed by atoms with van der Waals surface area (Å²) < 4.78 is 0.957. The maximum Gasteiger partial charge on any atom is 0.255 e. The van der Waals surface area contributed by atoms with Gasteiger partial charge in [0.1, 0.15) is 0 Å². The van der Waals surface area contributed by atoms with Gasteiger partial charge < -0.3 is 10.3 Å². The molecule has 5 nitrogen and oxygen atoms in total. The molecule has 0 saturated heterocycles. The number of amides is 1. The van der Waals surface area contributed by atoms with Crippen molar-refractivity contribution in [2.24, 2.45) is 0 Å². The molecule has 0 aliphatic heterocycles. The number of nitrogens with zero attached hydrogens (tertiary/aromatic N) is 1. The summed E-state index contributed by atoms with van der Waals surface area (Å²) in [7, 11) is 0. The number of hydrogen-bond acceptors (Lipinski definition) is 4. The molecule has 0 aliphatic rings. The topological polar surface area (TPSA) is 74.8 Å². The Kier molecular flexibility index (Phi) is 2.85. The number of carbonyl (C=O) groups excluding carboxylic acids is 1. The van der Waals surface area contributed by atoms with Crippen LogP contribution >= 0.6 is 11.3 Å². The van der Waals surface area contributed by atoms with E-state index in [1.165, 1.54) is 23.6 Å². The minimum absolute atomic E-state index is 0.249. The Labute approximate surface area is 111 Å². The molecular weight excluding hydrogens is 262 g/mol. The van der Waals surface area contributed by atoms with Crippen LogP contribution in [-0.4, -0.2) is 15.9 Å². The molecule has 0 bridgehead atoms. The molecule has 0 spiro atoms. The monoisotopic (exact) mass is 271 g/mol. The predicted octanol–water partition coefficient (Wildman–Crippen LogP) is 2.24. The highest BCUT2D eigenvalue weighted by Gasteiger charge is 2.08. The summed E-state index contributed by atoms with van der Waals surface area (Å²) in [5, 5.41) is 2.68. The van der Waals surface area contributed by atoms with Gasteiger partial charge in [-0.3, -0.25) is 9.59 Å². The summed E-state index contributed by atoms with van der Waals surface area (Å²) in [6.07, 6.45) is 1.49. The van der Waals surface area contributed by atoms with E-state index < -0.39 is 0 Å². The Bertz CT molecular complexity index is 807. The third-order valence-electron chi connectivity index (χ3n) is 2.63. The number of H-pyrrole nitrogens is 1. The SMILES string of the molecule is O=C(Nc1cc[nH]c(=O)c1)c1ccc2ncsc2c1. The molecule has 2 N–H and O–H groups in total. The number of nitrogens with one attached hydrogen (secondary N) is 2. The summed E-state index contributed by atoms with van der Waals surface area (Å²) in [6.45, 7) is 0. The van der Waals surface area contributed by atoms with E-state index >= 15 is 0 Å². The standard InChI is InChI=1S/C13H9N3O2S/c17-12-6-9(3-4-14-12)16-13(18)8-1-2-10-11(5-8)19-7-15-10/h1-7H,(H2,14,16,17,18). The molecule has 1 amide bonds. The Hall–Kier alpha value is -2.47. The van der Waals surface area contributed by atoms with E-state index in [0.717, 1.165) is 10.2 Å². The van der Waals surface area contributed by atoms with Crippen LogP contribution in [0, 0.1) is 0 Å². The second-order valence-electron chi connectivity index (χ2n) is 3.93. The summed E-state index contributed by atoms with van der Waals surface area (Å²) >= 11 is 1.48. The number of anilines is 1. The van der Waals surface area contributed by atoms with Crippen molar-refractivity contribution in [2.45, 2.75) is 0 Å². The first-order valence-corrected chi connectivity index (χ1v) is 6.44. The molecule has 2 heterocycles. The minimum atomic E-state index is -0.254. The second-order valence-corrected chi connectivity index (χ2v) is 4.82. The van der Waals surface area contributed by atoms with Crippen LogP contribution in [0.1, 0.15) is 10.4 Å². The fourth-order valence-electron chi connectivity index (χ4n) is 1.72. The summed E-state index contributed by atoms with van der Waals surface area (Å²) in [5.74, 6) is -0.249. The van der Waals surface area contributed by atoms with Gasteiger partial charge in [-0.1, -0.05) is 0 Å². The number of carbonyl (C=O) groups is 1. The maximum absolute atomic E-state index is 12.1. The largest absolute Gasteiger partial charge is 0.329 e. The zero-order valence-corrected chi connectivity index (χ0v) is 10.5. The van der Waals surface area contributed by atoms with Crippen molar-refractivity contribution >= 4 is 33.1 Å². The molecule has 0 fully saturated rings.